The van der Waals surface area contributed by atoms with Crippen molar-refractivity contribution in [2.75, 3.05) is 54.4 Å². The Morgan fingerprint density at radius 1 is 0.887 bits per heavy atom. The Balaban J connectivity index is 0.704. The number of para-hydroxylation sites is 2. The van der Waals surface area contributed by atoms with E-state index in [2.05, 4.69) is 49.7 Å². The van der Waals surface area contributed by atoms with Gasteiger partial charge in [0.05, 0.1) is 33.0 Å². The fraction of sp³-hybridized carbons (Fsp3) is 0.291. The van der Waals surface area contributed by atoms with Crippen LogP contribution < -0.4 is 25.2 Å². The quantitative estimate of drug-likeness (QED) is 0.0999. The number of thiazole rings is 1. The summed E-state index contributed by atoms with van der Waals surface area (Å²) in [5.74, 6) is -1.08. The number of imide groups is 1. The van der Waals surface area contributed by atoms with Crippen molar-refractivity contribution in [1.82, 2.24) is 30.0 Å². The van der Waals surface area contributed by atoms with Crippen molar-refractivity contribution in [3.63, 3.8) is 0 Å². The Hall–Kier alpha value is -7.69. The number of rotatable bonds is 12. The van der Waals surface area contributed by atoms with Crippen LogP contribution in [0.15, 0.2) is 115 Å². The van der Waals surface area contributed by atoms with Gasteiger partial charge in [0.1, 0.15) is 17.7 Å². The predicted molar refractivity (Wildman–Crippen MR) is 276 cm³/mol. The summed E-state index contributed by atoms with van der Waals surface area (Å²) in [4.78, 5) is 67.3. The van der Waals surface area contributed by atoms with Crippen molar-refractivity contribution in [1.29, 1.82) is 0 Å². The van der Waals surface area contributed by atoms with Crippen LogP contribution >= 0.6 is 11.3 Å². The third-order valence-electron chi connectivity index (χ3n) is 14.3. The zero-order valence-electron chi connectivity index (χ0n) is 39.6. The number of hydrogen-bond acceptors (Lipinski definition) is 12. The largest absolute Gasteiger partial charge is 0.486 e. The number of ether oxygens (including phenoxy) is 1. The number of allylic oxidation sites excluding steroid dienone is 1. The van der Waals surface area contributed by atoms with E-state index >= 15 is 0 Å². The number of carboxylic acid groups (broad SMARTS) is 1. The molecular weight excluding hydrogens is 915 g/mol. The Labute approximate surface area is 414 Å². The van der Waals surface area contributed by atoms with Gasteiger partial charge in [-0.15, -0.1) is 0 Å². The van der Waals surface area contributed by atoms with Crippen LogP contribution in [0.3, 0.4) is 0 Å². The number of piperidine rings is 1. The van der Waals surface area contributed by atoms with E-state index in [1.54, 1.807) is 0 Å². The molecule has 0 radical (unpaired) electrons. The number of nitrogens with zero attached hydrogens (tertiary/aromatic N) is 7. The van der Waals surface area contributed by atoms with Gasteiger partial charge in [-0.05, 0) is 97.0 Å². The number of hydrogen-bond donors (Lipinski definition) is 3. The molecule has 3 aliphatic heterocycles. The molecule has 15 nitrogen and oxygen atoms in total. The number of carbonyl (C=O) groups excluding carboxylic acids is 3. The minimum absolute atomic E-state index is 0.0478. The number of piperazine rings is 1. The molecule has 2 unspecified atom stereocenters. The molecule has 0 bridgehead atoms. The minimum Gasteiger partial charge on any atom is -0.486 e. The summed E-state index contributed by atoms with van der Waals surface area (Å²) in [7, 11) is 1.92. The number of carbonyl (C=O) groups is 4. The smallest absolute Gasteiger partial charge is 0.355 e. The van der Waals surface area contributed by atoms with Gasteiger partial charge in [0.15, 0.2) is 10.8 Å². The highest BCUT2D eigenvalue weighted by molar-refractivity contribution is 7.22. The van der Waals surface area contributed by atoms with Gasteiger partial charge in [0.2, 0.25) is 11.8 Å². The second-order valence-electron chi connectivity index (χ2n) is 18.6. The SMILES string of the molecule is Cc1c(OC2C=CC(CCN3CCN(c4cccc5c(C6CCC(=O)NC6=O)nn(C)c45)CC3)=CC2)cccc1-c1ccc(N2CCc3cccc(C(=O)Nc4nc5ccccc5s4)c3C2)nc1C(=O)O. The Kier molecular flexibility index (Phi) is 12.4. The molecule has 3 aromatic heterocycles. The van der Waals surface area contributed by atoms with Gasteiger partial charge in [-0.3, -0.25) is 34.6 Å². The van der Waals surface area contributed by atoms with Gasteiger partial charge >= 0.3 is 5.97 Å². The van der Waals surface area contributed by atoms with Crippen LogP contribution in [0.2, 0.25) is 0 Å². The summed E-state index contributed by atoms with van der Waals surface area (Å²) >= 11 is 1.43. The maximum absolute atomic E-state index is 13.7. The zero-order valence-corrected chi connectivity index (χ0v) is 40.4. The van der Waals surface area contributed by atoms with Crippen LogP contribution in [-0.4, -0.2) is 98.8 Å². The monoisotopic (exact) mass is 967 g/mol. The van der Waals surface area contributed by atoms with Crippen LogP contribution in [0, 0.1) is 6.92 Å². The van der Waals surface area contributed by atoms with E-state index in [0.717, 1.165) is 100 Å². The van der Waals surface area contributed by atoms with E-state index in [1.807, 2.05) is 108 Å². The lowest BCUT2D eigenvalue weighted by atomic mass is 9.92. The number of amides is 3. The van der Waals surface area contributed by atoms with E-state index in [1.165, 1.54) is 16.9 Å². The molecular formula is C55H53N9O6S. The lowest BCUT2D eigenvalue weighted by molar-refractivity contribution is -0.134. The van der Waals surface area contributed by atoms with Crippen LogP contribution in [0.25, 0.3) is 32.2 Å². The molecule has 6 heterocycles. The molecule has 2 fully saturated rings. The molecule has 3 N–H and O–H groups in total. The summed E-state index contributed by atoms with van der Waals surface area (Å²) in [5.41, 5.74) is 9.51. The lowest BCUT2D eigenvalue weighted by Crippen LogP contribution is -2.46. The van der Waals surface area contributed by atoms with Crippen LogP contribution in [0.4, 0.5) is 16.6 Å². The fourth-order valence-electron chi connectivity index (χ4n) is 10.5. The summed E-state index contributed by atoms with van der Waals surface area (Å²) in [5, 5.41) is 22.3. The second kappa shape index (κ2) is 19.2. The predicted octanol–water partition coefficient (Wildman–Crippen LogP) is 8.43. The third-order valence-corrected chi connectivity index (χ3v) is 15.3. The second-order valence-corrected chi connectivity index (χ2v) is 19.7. The maximum atomic E-state index is 13.7. The van der Waals surface area contributed by atoms with Gasteiger partial charge in [-0.2, -0.15) is 5.10 Å². The number of nitrogens with one attached hydrogen (secondary N) is 2. The van der Waals surface area contributed by atoms with Crippen molar-refractivity contribution in [2.45, 2.75) is 57.6 Å². The van der Waals surface area contributed by atoms with Crippen molar-refractivity contribution < 1.29 is 29.0 Å². The normalized spacial score (nSPS) is 18.4. The highest BCUT2D eigenvalue weighted by Gasteiger charge is 2.33. The molecule has 11 rings (SSSR count). The van der Waals surface area contributed by atoms with E-state index < -0.39 is 11.9 Å². The van der Waals surface area contributed by atoms with Gasteiger partial charge in [-0.1, -0.05) is 77.6 Å². The van der Waals surface area contributed by atoms with Crippen molar-refractivity contribution >= 4 is 72.8 Å². The van der Waals surface area contributed by atoms with Gasteiger partial charge in [-0.25, -0.2) is 14.8 Å². The van der Waals surface area contributed by atoms with Crippen molar-refractivity contribution in [2.24, 2.45) is 7.05 Å². The standard InChI is InChI=1S/C55H53N9O6S/c1-33-37(38-20-22-47(57-50(38)54(68)69)64-27-25-35-8-5-10-39(42(35)32-64)52(66)59-55-56-43-12-3-4-15-46(43)71-55)9-7-14-45(33)70-36-18-16-34(17-19-36)24-26-62-28-30-63(31-29-62)44-13-6-11-40-49(60-61(2)51(40)44)41-21-23-48(65)58-53(41)67/h3-18,20,22,36,41H,19,21,23-32H2,1-2H3,(H,68,69)(H,56,59,66)(H,58,65,67). The number of aromatic carboxylic acids is 1. The summed E-state index contributed by atoms with van der Waals surface area (Å²) in [6.45, 7) is 7.52. The Bertz CT molecular complexity index is 3300. The first kappa shape index (κ1) is 45.7. The number of aromatic nitrogens is 4. The van der Waals surface area contributed by atoms with E-state index in [-0.39, 0.29) is 29.5 Å². The van der Waals surface area contributed by atoms with E-state index in [4.69, 9.17) is 14.8 Å². The fourth-order valence-corrected chi connectivity index (χ4v) is 11.4. The highest BCUT2D eigenvalue weighted by atomic mass is 32.1. The highest BCUT2D eigenvalue weighted by Crippen LogP contribution is 2.38. The number of carboxylic acids is 1. The molecule has 3 amide bonds. The van der Waals surface area contributed by atoms with Gasteiger partial charge < -0.3 is 19.6 Å². The number of benzene rings is 4. The Morgan fingerprint density at radius 3 is 2.52 bits per heavy atom. The summed E-state index contributed by atoms with van der Waals surface area (Å²) in [6, 6.07) is 29.2. The first-order valence-electron chi connectivity index (χ1n) is 24.2. The molecule has 71 heavy (non-hydrogen) atoms. The minimum atomic E-state index is -1.12. The molecule has 4 aliphatic rings. The lowest BCUT2D eigenvalue weighted by Gasteiger charge is -2.36. The number of anilines is 3. The van der Waals surface area contributed by atoms with Crippen LogP contribution in [0.1, 0.15) is 74.8 Å². The van der Waals surface area contributed by atoms with Crippen LogP contribution in [0.5, 0.6) is 5.75 Å². The summed E-state index contributed by atoms with van der Waals surface area (Å²) < 4.78 is 9.44. The first-order valence-corrected chi connectivity index (χ1v) is 25.0. The molecule has 0 spiro atoms. The van der Waals surface area contributed by atoms with Gasteiger partial charge in [0.25, 0.3) is 5.91 Å². The first-order chi connectivity index (χ1) is 34.5. The molecule has 1 aliphatic carbocycles. The number of aryl methyl sites for hydroxylation is 1. The van der Waals surface area contributed by atoms with Crippen LogP contribution in [-0.2, 0) is 29.6 Å². The van der Waals surface area contributed by atoms with E-state index in [0.29, 0.717) is 60.2 Å². The molecule has 2 saturated heterocycles. The molecule has 360 valence electrons. The molecule has 16 heteroatoms. The maximum Gasteiger partial charge on any atom is 0.355 e. The average Bonchev–Trinajstić information content (AvgIpc) is 3.96. The zero-order chi connectivity index (χ0) is 48.8. The number of fused-ring (bicyclic) bond motifs is 3. The number of pyridine rings is 1. The molecule has 7 aromatic rings. The van der Waals surface area contributed by atoms with Crippen molar-refractivity contribution in [3.05, 3.63) is 148 Å². The third kappa shape index (κ3) is 9.16. The van der Waals surface area contributed by atoms with Crippen molar-refractivity contribution in [3.8, 4) is 16.9 Å². The van der Waals surface area contributed by atoms with Gasteiger partial charge in [0, 0.05) is 82.2 Å². The van der Waals surface area contributed by atoms with E-state index in [9.17, 15) is 24.3 Å². The summed E-state index contributed by atoms with van der Waals surface area (Å²) in [6.07, 6.45) is 9.47. The average molecular weight is 968 g/mol. The molecule has 2 atom stereocenters. The molecule has 0 saturated carbocycles. The Morgan fingerprint density at radius 2 is 1.72 bits per heavy atom. The molecule has 4 aromatic carbocycles. The topological polar surface area (TPSA) is 175 Å².